The molecule has 0 saturated heterocycles. The van der Waals surface area contributed by atoms with E-state index in [-0.39, 0.29) is 12.2 Å². The molecule has 0 saturated carbocycles. The molecule has 120 valence electrons. The van der Waals surface area contributed by atoms with E-state index in [1.807, 2.05) is 30.3 Å². The van der Waals surface area contributed by atoms with Gasteiger partial charge in [0.2, 0.25) is 5.75 Å². The second-order valence-corrected chi connectivity index (χ2v) is 5.06. The highest BCUT2D eigenvalue weighted by Crippen LogP contribution is 2.23. The van der Waals surface area contributed by atoms with Crippen molar-refractivity contribution in [1.29, 1.82) is 0 Å². The zero-order valence-corrected chi connectivity index (χ0v) is 12.6. The Balaban J connectivity index is 2.00. The van der Waals surface area contributed by atoms with Crippen LogP contribution in [0.15, 0.2) is 41.2 Å². The van der Waals surface area contributed by atoms with Crippen LogP contribution in [0, 0.1) is 17.0 Å². The number of pyridine rings is 1. The van der Waals surface area contributed by atoms with Crippen LogP contribution in [0.5, 0.6) is 5.75 Å². The summed E-state index contributed by atoms with van der Waals surface area (Å²) < 4.78 is 5.01. The van der Waals surface area contributed by atoms with Crippen molar-refractivity contribution in [3.05, 3.63) is 68.1 Å². The lowest BCUT2D eigenvalue weighted by Gasteiger charge is -2.06. The summed E-state index contributed by atoms with van der Waals surface area (Å²) in [7, 11) is 0. The van der Waals surface area contributed by atoms with E-state index < -0.39 is 22.1 Å². The summed E-state index contributed by atoms with van der Waals surface area (Å²) in [6.45, 7) is 1.55. The number of hydrogen-bond donors (Lipinski definition) is 1. The zero-order chi connectivity index (χ0) is 16.8. The van der Waals surface area contributed by atoms with Gasteiger partial charge in [-0.2, -0.15) is 0 Å². The van der Waals surface area contributed by atoms with Crippen molar-refractivity contribution < 1.29 is 14.5 Å². The van der Waals surface area contributed by atoms with Crippen LogP contribution >= 0.6 is 0 Å². The number of H-pyrrole nitrogens is 1. The van der Waals surface area contributed by atoms with Crippen molar-refractivity contribution in [1.82, 2.24) is 4.98 Å². The predicted octanol–water partition coefficient (Wildman–Crippen LogP) is 2.52. The first-order valence-electron chi connectivity index (χ1n) is 7.10. The molecule has 0 aliphatic rings. The van der Waals surface area contributed by atoms with Gasteiger partial charge in [0.15, 0.2) is 0 Å². The van der Waals surface area contributed by atoms with Crippen molar-refractivity contribution in [2.45, 2.75) is 26.2 Å². The van der Waals surface area contributed by atoms with Crippen LogP contribution in [0.2, 0.25) is 0 Å². The van der Waals surface area contributed by atoms with Crippen LogP contribution in [0.4, 0.5) is 5.69 Å². The number of aryl methyl sites for hydroxylation is 2. The van der Waals surface area contributed by atoms with Crippen LogP contribution in [-0.2, 0) is 11.2 Å². The summed E-state index contributed by atoms with van der Waals surface area (Å²) >= 11 is 0. The SMILES string of the molecule is Cc1cc(OC(=O)CCCc2ccccc2)c([N+](=O)[O-])c(=O)[nH]1. The van der Waals surface area contributed by atoms with Gasteiger partial charge in [0.05, 0.1) is 4.92 Å². The number of benzene rings is 1. The molecule has 0 fully saturated rings. The molecule has 7 heteroatoms. The number of hydrogen-bond acceptors (Lipinski definition) is 5. The van der Waals surface area contributed by atoms with Gasteiger partial charge in [-0.15, -0.1) is 0 Å². The fourth-order valence-corrected chi connectivity index (χ4v) is 2.16. The minimum Gasteiger partial charge on any atom is -0.419 e. The average molecular weight is 316 g/mol. The highest BCUT2D eigenvalue weighted by Gasteiger charge is 2.23. The number of ether oxygens (including phenoxy) is 1. The molecule has 2 aromatic rings. The van der Waals surface area contributed by atoms with E-state index in [1.54, 1.807) is 6.92 Å². The molecule has 1 aromatic heterocycles. The smallest absolute Gasteiger partial charge is 0.376 e. The van der Waals surface area contributed by atoms with E-state index in [0.717, 1.165) is 5.56 Å². The number of carbonyl (C=O) groups is 1. The summed E-state index contributed by atoms with van der Waals surface area (Å²) in [6, 6.07) is 10.9. The van der Waals surface area contributed by atoms with Crippen molar-refractivity contribution in [3.63, 3.8) is 0 Å². The minimum absolute atomic E-state index is 0.109. The van der Waals surface area contributed by atoms with Gasteiger partial charge >= 0.3 is 17.2 Å². The molecule has 1 heterocycles. The molecular weight excluding hydrogens is 300 g/mol. The number of nitro groups is 1. The van der Waals surface area contributed by atoms with Gasteiger partial charge in [-0.25, -0.2) is 0 Å². The summed E-state index contributed by atoms with van der Waals surface area (Å²) in [5.74, 6) is -0.921. The fraction of sp³-hybridized carbons (Fsp3) is 0.250. The van der Waals surface area contributed by atoms with Crippen molar-refractivity contribution in [3.8, 4) is 5.75 Å². The Morgan fingerprint density at radius 2 is 2.00 bits per heavy atom. The van der Waals surface area contributed by atoms with Crippen LogP contribution < -0.4 is 10.3 Å². The number of aromatic nitrogens is 1. The highest BCUT2D eigenvalue weighted by atomic mass is 16.6. The summed E-state index contributed by atoms with van der Waals surface area (Å²) in [6.07, 6.45) is 1.36. The van der Waals surface area contributed by atoms with Gasteiger partial charge in [0.1, 0.15) is 0 Å². The topological polar surface area (TPSA) is 102 Å². The second-order valence-electron chi connectivity index (χ2n) is 5.06. The Kier molecular flexibility index (Phi) is 5.24. The molecule has 1 aromatic carbocycles. The molecule has 7 nitrogen and oxygen atoms in total. The Hall–Kier alpha value is -2.96. The van der Waals surface area contributed by atoms with E-state index in [1.165, 1.54) is 6.07 Å². The molecule has 1 N–H and O–H groups in total. The maximum Gasteiger partial charge on any atom is 0.376 e. The van der Waals surface area contributed by atoms with Crippen molar-refractivity contribution >= 4 is 11.7 Å². The van der Waals surface area contributed by atoms with E-state index in [4.69, 9.17) is 4.74 Å². The molecule has 0 amide bonds. The molecule has 0 spiro atoms. The maximum absolute atomic E-state index is 11.8. The number of carbonyl (C=O) groups excluding carboxylic acids is 1. The molecular formula is C16H16N2O5. The largest absolute Gasteiger partial charge is 0.419 e. The van der Waals surface area contributed by atoms with Gasteiger partial charge in [-0.1, -0.05) is 30.3 Å². The lowest BCUT2D eigenvalue weighted by atomic mass is 10.1. The molecule has 0 radical (unpaired) electrons. The van der Waals surface area contributed by atoms with Crippen LogP contribution in [0.1, 0.15) is 24.1 Å². The molecule has 0 unspecified atom stereocenters. The molecule has 0 aliphatic heterocycles. The molecule has 0 aliphatic carbocycles. The minimum atomic E-state index is -0.887. The van der Waals surface area contributed by atoms with E-state index in [2.05, 4.69) is 4.98 Å². The first-order chi connectivity index (χ1) is 11.0. The Bertz CT molecular complexity index is 768. The van der Waals surface area contributed by atoms with Gasteiger partial charge in [-0.3, -0.25) is 19.7 Å². The molecule has 23 heavy (non-hydrogen) atoms. The van der Waals surface area contributed by atoms with Crippen LogP contribution in [0.25, 0.3) is 0 Å². The number of aromatic amines is 1. The highest BCUT2D eigenvalue weighted by molar-refractivity contribution is 5.73. The van der Waals surface area contributed by atoms with Crippen LogP contribution in [-0.4, -0.2) is 15.9 Å². The summed E-state index contributed by atoms with van der Waals surface area (Å²) in [4.78, 5) is 35.8. The molecule has 0 atom stereocenters. The molecule has 2 rings (SSSR count). The third-order valence-electron chi connectivity index (χ3n) is 3.20. The third kappa shape index (κ3) is 4.50. The first-order valence-corrected chi connectivity index (χ1v) is 7.10. The van der Waals surface area contributed by atoms with Crippen LogP contribution in [0.3, 0.4) is 0 Å². The van der Waals surface area contributed by atoms with Gasteiger partial charge in [0.25, 0.3) is 0 Å². The number of esters is 1. The number of rotatable bonds is 6. The summed E-state index contributed by atoms with van der Waals surface area (Å²) in [5.41, 5.74) is -0.167. The standard InChI is InChI=1S/C16H16N2O5/c1-11-10-13(15(18(21)22)16(20)17-11)23-14(19)9-5-8-12-6-3-2-4-7-12/h2-4,6-7,10H,5,8-9H2,1H3,(H,17,20). The Labute approximate surface area is 132 Å². The van der Waals surface area contributed by atoms with Crippen molar-refractivity contribution in [2.24, 2.45) is 0 Å². The lowest BCUT2D eigenvalue weighted by molar-refractivity contribution is -0.387. The third-order valence-corrected chi connectivity index (χ3v) is 3.20. The quantitative estimate of drug-likeness (QED) is 0.501. The number of nitrogens with one attached hydrogen (secondary N) is 1. The summed E-state index contributed by atoms with van der Waals surface area (Å²) in [5, 5.41) is 10.9. The van der Waals surface area contributed by atoms with E-state index in [9.17, 15) is 19.7 Å². The maximum atomic E-state index is 11.8. The van der Waals surface area contributed by atoms with Gasteiger partial charge < -0.3 is 9.72 Å². The van der Waals surface area contributed by atoms with E-state index in [0.29, 0.717) is 18.5 Å². The lowest BCUT2D eigenvalue weighted by Crippen LogP contribution is -2.17. The normalized spacial score (nSPS) is 10.3. The first kappa shape index (κ1) is 16.4. The van der Waals surface area contributed by atoms with Crippen molar-refractivity contribution in [2.75, 3.05) is 0 Å². The van der Waals surface area contributed by atoms with Gasteiger partial charge in [0, 0.05) is 18.2 Å². The molecule has 0 bridgehead atoms. The average Bonchev–Trinajstić information content (AvgIpc) is 2.47. The van der Waals surface area contributed by atoms with Gasteiger partial charge in [-0.05, 0) is 25.3 Å². The second kappa shape index (κ2) is 7.35. The predicted molar refractivity (Wildman–Crippen MR) is 83.5 cm³/mol. The Morgan fingerprint density at radius 1 is 1.30 bits per heavy atom. The fourth-order valence-electron chi connectivity index (χ4n) is 2.16. The number of nitrogens with zero attached hydrogens (tertiary/aromatic N) is 1. The zero-order valence-electron chi connectivity index (χ0n) is 12.6. The van der Waals surface area contributed by atoms with E-state index >= 15 is 0 Å². The Morgan fingerprint density at radius 3 is 2.65 bits per heavy atom. The monoisotopic (exact) mass is 316 g/mol.